The highest BCUT2D eigenvalue weighted by molar-refractivity contribution is 5.84. The quantitative estimate of drug-likeness (QED) is 0.723. The van der Waals surface area contributed by atoms with Gasteiger partial charge in [-0.25, -0.2) is 9.13 Å². The van der Waals surface area contributed by atoms with Crippen molar-refractivity contribution in [1.29, 1.82) is 0 Å². The van der Waals surface area contributed by atoms with Crippen molar-refractivity contribution in [2.75, 3.05) is 16.8 Å². The number of aromatic nitrogens is 2. The molecule has 0 amide bonds. The van der Waals surface area contributed by atoms with Crippen LogP contribution in [0.2, 0.25) is 0 Å². The number of nitrogens with one attached hydrogen (secondary N) is 1. The molecule has 1 aliphatic heterocycles. The van der Waals surface area contributed by atoms with E-state index in [-0.39, 0.29) is 0 Å². The molecule has 2 heterocycles. The van der Waals surface area contributed by atoms with E-state index in [1.54, 1.807) is 0 Å². The minimum Gasteiger partial charge on any atom is -0.340 e. The molecule has 4 rings (SSSR count). The van der Waals surface area contributed by atoms with E-state index >= 15 is 0 Å². The van der Waals surface area contributed by atoms with Gasteiger partial charge < -0.3 is 10.2 Å². The lowest BCUT2D eigenvalue weighted by molar-refractivity contribution is -0.670. The number of para-hydroxylation sites is 4. The topological polar surface area (TPSA) is 24.1 Å². The molecule has 1 N–H and O–H groups in total. The van der Waals surface area contributed by atoms with Gasteiger partial charge in [-0.15, -0.1) is 0 Å². The monoisotopic (exact) mass is 333 g/mol. The fourth-order valence-electron chi connectivity index (χ4n) is 3.86. The van der Waals surface area contributed by atoms with E-state index < -0.39 is 0 Å². The van der Waals surface area contributed by atoms with Gasteiger partial charge in [0.15, 0.2) is 11.0 Å². The van der Waals surface area contributed by atoms with Crippen molar-refractivity contribution in [3.05, 3.63) is 60.2 Å². The van der Waals surface area contributed by atoms with Gasteiger partial charge >= 0.3 is 0 Å². The number of nitrogens with zero attached hydrogens (tertiary/aromatic N) is 3. The Labute approximate surface area is 149 Å². The molecule has 0 aliphatic carbocycles. The Bertz CT molecular complexity index is 911. The summed E-state index contributed by atoms with van der Waals surface area (Å²) in [6, 6.07) is 17.2. The number of rotatable bonds is 4. The summed E-state index contributed by atoms with van der Waals surface area (Å²) >= 11 is 0. The maximum atomic E-state index is 3.59. The summed E-state index contributed by atoms with van der Waals surface area (Å²) in [6.07, 6.45) is 2.29. The Hall–Kier alpha value is -2.75. The van der Waals surface area contributed by atoms with Gasteiger partial charge in [0.2, 0.25) is 0 Å². The highest BCUT2D eigenvalue weighted by Crippen LogP contribution is 2.36. The molecule has 1 aliphatic rings. The lowest BCUT2D eigenvalue weighted by atomic mass is 10.3. The first-order valence-corrected chi connectivity index (χ1v) is 9.14. The molecule has 1 aromatic heterocycles. The van der Waals surface area contributed by atoms with Crippen molar-refractivity contribution < 1.29 is 4.57 Å². The van der Waals surface area contributed by atoms with Gasteiger partial charge in [0, 0.05) is 6.54 Å². The van der Waals surface area contributed by atoms with Crippen LogP contribution in [0.1, 0.15) is 26.6 Å². The largest absolute Gasteiger partial charge is 0.340 e. The zero-order valence-corrected chi connectivity index (χ0v) is 15.2. The zero-order chi connectivity index (χ0) is 17.4. The van der Waals surface area contributed by atoms with Gasteiger partial charge in [-0.05, 0) is 45.0 Å². The van der Waals surface area contributed by atoms with E-state index in [4.69, 9.17) is 0 Å². The molecule has 3 aromatic rings. The summed E-state index contributed by atoms with van der Waals surface area (Å²) in [5.74, 6) is 2.38. The van der Waals surface area contributed by atoms with Gasteiger partial charge in [0.1, 0.15) is 5.82 Å². The maximum absolute atomic E-state index is 3.59. The number of benzene rings is 2. The molecular weight excluding hydrogens is 308 g/mol. The van der Waals surface area contributed by atoms with Gasteiger partial charge in [0.25, 0.3) is 5.82 Å². The second-order valence-electron chi connectivity index (χ2n) is 6.25. The highest BCUT2D eigenvalue weighted by atomic mass is 15.3. The maximum Gasteiger partial charge on any atom is 0.286 e. The third-order valence-electron chi connectivity index (χ3n) is 4.98. The number of hydrogen-bond acceptors (Lipinski definition) is 2. The normalized spacial score (nSPS) is 15.0. The van der Waals surface area contributed by atoms with E-state index in [2.05, 4.69) is 94.7 Å². The first kappa shape index (κ1) is 15.8. The molecule has 2 aromatic carbocycles. The molecule has 4 nitrogen and oxygen atoms in total. The molecule has 0 bridgehead atoms. The Morgan fingerprint density at radius 1 is 0.960 bits per heavy atom. The van der Waals surface area contributed by atoms with Gasteiger partial charge in [0.05, 0.1) is 30.5 Å². The van der Waals surface area contributed by atoms with Crippen LogP contribution in [0, 0.1) is 0 Å². The number of imidazole rings is 1. The molecule has 0 radical (unpaired) electrons. The summed E-state index contributed by atoms with van der Waals surface area (Å²) in [5.41, 5.74) is 5.01. The van der Waals surface area contributed by atoms with Crippen molar-refractivity contribution in [3.63, 3.8) is 0 Å². The molecule has 128 valence electrons. The third kappa shape index (κ3) is 2.40. The van der Waals surface area contributed by atoms with Crippen LogP contribution in [-0.2, 0) is 13.1 Å². The van der Waals surface area contributed by atoms with Crippen LogP contribution >= 0.6 is 0 Å². The van der Waals surface area contributed by atoms with E-state index in [1.165, 1.54) is 28.2 Å². The summed E-state index contributed by atoms with van der Waals surface area (Å²) in [5, 5.41) is 3.59. The Morgan fingerprint density at radius 3 is 2.48 bits per heavy atom. The van der Waals surface area contributed by atoms with E-state index in [1.807, 2.05) is 0 Å². The van der Waals surface area contributed by atoms with E-state index in [0.29, 0.717) is 0 Å². The van der Waals surface area contributed by atoms with Crippen molar-refractivity contribution in [2.24, 2.45) is 0 Å². The Morgan fingerprint density at radius 2 is 1.72 bits per heavy atom. The number of fused-ring (bicyclic) bond motifs is 2. The van der Waals surface area contributed by atoms with Crippen LogP contribution in [0.3, 0.4) is 0 Å². The van der Waals surface area contributed by atoms with Gasteiger partial charge in [-0.3, -0.25) is 0 Å². The lowest BCUT2D eigenvalue weighted by Crippen LogP contribution is -2.36. The molecular formula is C21H25N4+. The van der Waals surface area contributed by atoms with Crippen molar-refractivity contribution in [2.45, 2.75) is 33.9 Å². The molecule has 0 spiro atoms. The summed E-state index contributed by atoms with van der Waals surface area (Å²) in [7, 11) is 0. The first-order valence-electron chi connectivity index (χ1n) is 9.14. The number of anilines is 2. The van der Waals surface area contributed by atoms with Crippen LogP contribution in [-0.4, -0.2) is 11.1 Å². The van der Waals surface area contributed by atoms with Crippen LogP contribution < -0.4 is 14.8 Å². The smallest absolute Gasteiger partial charge is 0.286 e. The van der Waals surface area contributed by atoms with Crippen LogP contribution in [0.4, 0.5) is 11.4 Å². The minimum absolute atomic E-state index is 0.939. The van der Waals surface area contributed by atoms with E-state index in [9.17, 15) is 0 Å². The number of aryl methyl sites for hydroxylation is 2. The predicted octanol–water partition coefficient (Wildman–Crippen LogP) is 4.22. The molecule has 0 saturated carbocycles. The average molecular weight is 333 g/mol. The molecule has 0 saturated heterocycles. The van der Waals surface area contributed by atoms with Crippen molar-refractivity contribution in [1.82, 2.24) is 4.57 Å². The van der Waals surface area contributed by atoms with Crippen LogP contribution in [0.25, 0.3) is 17.1 Å². The summed E-state index contributed by atoms with van der Waals surface area (Å²) in [6.45, 7) is 9.46. The zero-order valence-electron chi connectivity index (χ0n) is 15.2. The SMILES string of the molecule is CCN1C(=Cc2n(CC)c3ccccc3[n+]2CC)Nc2ccccc21. The minimum atomic E-state index is 0.939. The van der Waals surface area contributed by atoms with Crippen molar-refractivity contribution in [3.8, 4) is 0 Å². The van der Waals surface area contributed by atoms with E-state index in [0.717, 1.165) is 25.5 Å². The standard InChI is InChI=1S/C21H24N4/c1-4-23-17-12-8-7-11-16(17)22-20(23)15-21-24(5-2)18-13-9-10-14-19(18)25(21)6-3/h7-15H,4-6H2,1-3H3/p+1. The fourth-order valence-corrected chi connectivity index (χ4v) is 3.86. The fraction of sp³-hybridized carbons (Fsp3) is 0.286. The molecule has 25 heavy (non-hydrogen) atoms. The first-order chi connectivity index (χ1) is 12.3. The summed E-state index contributed by atoms with van der Waals surface area (Å²) in [4.78, 5) is 2.34. The summed E-state index contributed by atoms with van der Waals surface area (Å²) < 4.78 is 4.79. The van der Waals surface area contributed by atoms with Gasteiger partial charge in [-0.2, -0.15) is 0 Å². The lowest BCUT2D eigenvalue weighted by Gasteiger charge is -2.17. The molecule has 0 atom stereocenters. The second kappa shape index (κ2) is 6.28. The van der Waals surface area contributed by atoms with Gasteiger partial charge in [-0.1, -0.05) is 24.3 Å². The van der Waals surface area contributed by atoms with Crippen LogP contribution in [0.5, 0.6) is 0 Å². The predicted molar refractivity (Wildman–Crippen MR) is 105 cm³/mol. The molecule has 0 fully saturated rings. The molecule has 0 unspecified atom stereocenters. The third-order valence-corrected chi connectivity index (χ3v) is 4.98. The van der Waals surface area contributed by atoms with Crippen molar-refractivity contribution >= 4 is 28.5 Å². The highest BCUT2D eigenvalue weighted by Gasteiger charge is 2.26. The second-order valence-corrected chi connectivity index (χ2v) is 6.25. The van der Waals surface area contributed by atoms with Crippen LogP contribution in [0.15, 0.2) is 54.4 Å². The molecule has 4 heteroatoms. The average Bonchev–Trinajstić information content (AvgIpc) is 3.15. The number of hydrogen-bond donors (Lipinski definition) is 1. The Kier molecular flexibility index (Phi) is 3.96. The Balaban J connectivity index is 1.90.